The molecule has 0 unspecified atom stereocenters. The second-order valence-corrected chi connectivity index (χ2v) is 6.70. The molecule has 0 amide bonds. The molecule has 9 nitrogen and oxygen atoms in total. The average molecular weight is 417 g/mol. The van der Waals surface area contributed by atoms with E-state index in [-0.39, 0.29) is 59.5 Å². The Kier molecular flexibility index (Phi) is 20.7. The molecule has 0 aliphatic heterocycles. The minimum atomic E-state index is -0.613. The molecule has 0 aliphatic rings. The standard InChI is InChI=1S/C17H36O9S/c18-3-7-23-13-17(14-24-8-4-19,15-25-9-5-20)16-26-11-10-22-6-1-2-12-27-21/h18-21H,1-16H2. The van der Waals surface area contributed by atoms with Crippen molar-refractivity contribution in [2.75, 3.05) is 91.6 Å². The second-order valence-electron chi connectivity index (χ2n) is 6.03. The molecule has 0 heterocycles. The Balaban J connectivity index is 4.32. The lowest BCUT2D eigenvalue weighted by Gasteiger charge is -2.32. The van der Waals surface area contributed by atoms with E-state index in [0.29, 0.717) is 32.2 Å². The summed E-state index contributed by atoms with van der Waals surface area (Å²) in [6, 6.07) is 0. The van der Waals surface area contributed by atoms with Gasteiger partial charge in [-0.1, -0.05) is 0 Å². The summed E-state index contributed by atoms with van der Waals surface area (Å²) < 4.78 is 36.3. The highest BCUT2D eigenvalue weighted by molar-refractivity contribution is 7.93. The summed E-state index contributed by atoms with van der Waals surface area (Å²) in [6.07, 6.45) is 1.79. The first-order valence-electron chi connectivity index (χ1n) is 9.22. The van der Waals surface area contributed by atoms with E-state index in [9.17, 15) is 0 Å². The van der Waals surface area contributed by atoms with Crippen LogP contribution in [0.1, 0.15) is 12.8 Å². The zero-order valence-electron chi connectivity index (χ0n) is 16.1. The van der Waals surface area contributed by atoms with Crippen LogP contribution in [0, 0.1) is 5.41 Å². The highest BCUT2D eigenvalue weighted by Crippen LogP contribution is 2.20. The third kappa shape index (κ3) is 16.6. The van der Waals surface area contributed by atoms with E-state index in [2.05, 4.69) is 0 Å². The van der Waals surface area contributed by atoms with Gasteiger partial charge in [0.25, 0.3) is 0 Å². The first-order valence-corrected chi connectivity index (χ1v) is 10.2. The van der Waals surface area contributed by atoms with Crippen LogP contribution in [0.15, 0.2) is 0 Å². The van der Waals surface area contributed by atoms with Crippen molar-refractivity contribution in [3.8, 4) is 0 Å². The van der Waals surface area contributed by atoms with Gasteiger partial charge in [-0.2, -0.15) is 0 Å². The molecule has 0 radical (unpaired) electrons. The normalized spacial score (nSPS) is 12.0. The van der Waals surface area contributed by atoms with E-state index in [1.807, 2.05) is 0 Å². The summed E-state index contributed by atoms with van der Waals surface area (Å²) in [5, 5.41) is 26.8. The van der Waals surface area contributed by atoms with E-state index in [1.165, 1.54) is 0 Å². The first-order chi connectivity index (χ1) is 13.2. The van der Waals surface area contributed by atoms with Gasteiger partial charge in [0, 0.05) is 12.4 Å². The molecular formula is C17H36O9S. The Hall–Kier alpha value is -0.0100. The number of unbranched alkanes of at least 4 members (excludes halogenated alkanes) is 1. The van der Waals surface area contributed by atoms with Crippen LogP contribution in [0.4, 0.5) is 0 Å². The van der Waals surface area contributed by atoms with Crippen LogP contribution in [-0.2, 0) is 23.7 Å². The summed E-state index contributed by atoms with van der Waals surface area (Å²) in [4.78, 5) is 0. The molecule has 0 rings (SSSR count). The predicted molar refractivity (Wildman–Crippen MR) is 102 cm³/mol. The van der Waals surface area contributed by atoms with E-state index in [0.717, 1.165) is 24.9 Å². The van der Waals surface area contributed by atoms with E-state index in [1.54, 1.807) is 0 Å². The van der Waals surface area contributed by atoms with Crippen LogP contribution in [0.2, 0.25) is 0 Å². The van der Waals surface area contributed by atoms with Gasteiger partial charge in [-0.15, -0.1) is 0 Å². The molecule has 164 valence electrons. The SMILES string of the molecule is OCCOCC(COCCO)(COCCO)COCCOCCCCSO. The monoisotopic (exact) mass is 416 g/mol. The van der Waals surface area contributed by atoms with Crippen molar-refractivity contribution in [1.82, 2.24) is 0 Å². The molecule has 0 aromatic rings. The molecule has 0 aliphatic carbocycles. The largest absolute Gasteiger partial charge is 0.394 e. The summed E-state index contributed by atoms with van der Waals surface area (Å²) >= 11 is 0.838. The molecule has 0 saturated heterocycles. The van der Waals surface area contributed by atoms with Gasteiger partial charge in [-0.05, 0) is 24.9 Å². The number of ether oxygens (including phenoxy) is 5. The highest BCUT2D eigenvalue weighted by Gasteiger charge is 2.32. The maximum Gasteiger partial charge on any atom is 0.0700 e. The summed E-state index contributed by atoms with van der Waals surface area (Å²) in [7, 11) is 0. The van der Waals surface area contributed by atoms with Crippen LogP contribution in [0.5, 0.6) is 0 Å². The molecule has 4 N–H and O–H groups in total. The molecular weight excluding hydrogens is 380 g/mol. The number of hydrogen-bond donors (Lipinski definition) is 4. The topological polar surface area (TPSA) is 127 Å². The van der Waals surface area contributed by atoms with Crippen LogP contribution < -0.4 is 0 Å². The third-order valence-corrected chi connectivity index (χ3v) is 3.96. The molecule has 10 heteroatoms. The van der Waals surface area contributed by atoms with E-state index < -0.39 is 5.41 Å². The molecule has 0 bridgehead atoms. The fourth-order valence-corrected chi connectivity index (χ4v) is 2.52. The van der Waals surface area contributed by atoms with Crippen LogP contribution >= 0.6 is 12.0 Å². The van der Waals surface area contributed by atoms with Crippen molar-refractivity contribution in [3.05, 3.63) is 0 Å². The Morgan fingerprint density at radius 2 is 1.00 bits per heavy atom. The van der Waals surface area contributed by atoms with Crippen molar-refractivity contribution < 1.29 is 43.6 Å². The highest BCUT2D eigenvalue weighted by atomic mass is 32.2. The lowest BCUT2D eigenvalue weighted by molar-refractivity contribution is -0.117. The Morgan fingerprint density at radius 1 is 0.556 bits per heavy atom. The summed E-state index contributed by atoms with van der Waals surface area (Å²) in [6.45, 7) is 2.83. The lowest BCUT2D eigenvalue weighted by atomic mass is 9.92. The van der Waals surface area contributed by atoms with Gasteiger partial charge in [0.2, 0.25) is 0 Å². The molecule has 0 aromatic heterocycles. The van der Waals surface area contributed by atoms with Crippen molar-refractivity contribution >= 4 is 12.0 Å². The van der Waals surface area contributed by atoms with Gasteiger partial charge in [0.15, 0.2) is 0 Å². The van der Waals surface area contributed by atoms with Gasteiger partial charge in [0.05, 0.1) is 84.7 Å². The Labute approximate surface area is 166 Å². The molecule has 0 saturated carbocycles. The molecule has 27 heavy (non-hydrogen) atoms. The molecule has 0 aromatic carbocycles. The van der Waals surface area contributed by atoms with Crippen LogP contribution in [0.25, 0.3) is 0 Å². The minimum Gasteiger partial charge on any atom is -0.394 e. The molecule has 0 atom stereocenters. The van der Waals surface area contributed by atoms with Crippen LogP contribution in [-0.4, -0.2) is 112 Å². The number of rotatable bonds is 22. The van der Waals surface area contributed by atoms with Gasteiger partial charge < -0.3 is 43.6 Å². The average Bonchev–Trinajstić information content (AvgIpc) is 2.67. The van der Waals surface area contributed by atoms with Crippen molar-refractivity contribution in [3.63, 3.8) is 0 Å². The van der Waals surface area contributed by atoms with Crippen LogP contribution in [0.3, 0.4) is 0 Å². The quantitative estimate of drug-likeness (QED) is 0.142. The smallest absolute Gasteiger partial charge is 0.0700 e. The van der Waals surface area contributed by atoms with Gasteiger partial charge >= 0.3 is 0 Å². The fourth-order valence-electron chi connectivity index (χ4n) is 2.19. The van der Waals surface area contributed by atoms with Crippen molar-refractivity contribution in [2.24, 2.45) is 5.41 Å². The molecule has 0 spiro atoms. The van der Waals surface area contributed by atoms with E-state index in [4.69, 9.17) is 43.6 Å². The zero-order valence-corrected chi connectivity index (χ0v) is 16.9. The zero-order chi connectivity index (χ0) is 20.1. The Morgan fingerprint density at radius 3 is 1.44 bits per heavy atom. The summed E-state index contributed by atoms with van der Waals surface area (Å²) in [5.74, 6) is 0.706. The number of aliphatic hydroxyl groups excluding tert-OH is 3. The van der Waals surface area contributed by atoms with E-state index >= 15 is 0 Å². The fraction of sp³-hybridized carbons (Fsp3) is 1.00. The number of hydrogen-bond acceptors (Lipinski definition) is 10. The predicted octanol–water partition coefficient (Wildman–Crippen LogP) is 0.0191. The maximum atomic E-state index is 8.93. The van der Waals surface area contributed by atoms with Crippen molar-refractivity contribution in [1.29, 1.82) is 0 Å². The van der Waals surface area contributed by atoms with Crippen molar-refractivity contribution in [2.45, 2.75) is 12.8 Å². The van der Waals surface area contributed by atoms with Gasteiger partial charge in [-0.3, -0.25) is 0 Å². The summed E-state index contributed by atoms with van der Waals surface area (Å²) in [5.41, 5.74) is -0.613. The third-order valence-electron chi connectivity index (χ3n) is 3.49. The minimum absolute atomic E-state index is 0.0887. The van der Waals surface area contributed by atoms with Gasteiger partial charge in [0.1, 0.15) is 0 Å². The lowest BCUT2D eigenvalue weighted by Crippen LogP contribution is -2.42. The first kappa shape index (κ1) is 27.0. The second kappa shape index (κ2) is 20.7. The number of aliphatic hydroxyl groups is 3. The Bertz CT molecular complexity index is 271. The maximum absolute atomic E-state index is 8.93. The molecule has 0 fully saturated rings. The van der Waals surface area contributed by atoms with Gasteiger partial charge in [-0.25, -0.2) is 0 Å².